The molecule has 0 N–H and O–H groups in total. The zero-order chi connectivity index (χ0) is 18.7. The van der Waals surface area contributed by atoms with E-state index < -0.39 is 23.3 Å². The van der Waals surface area contributed by atoms with Gasteiger partial charge in [0.05, 0.1) is 7.59 Å². The van der Waals surface area contributed by atoms with Gasteiger partial charge in [0.2, 0.25) is 0 Å². The fraction of sp³-hybridized carbons (Fsp3) is 0.455. The van der Waals surface area contributed by atoms with Gasteiger partial charge in [-0.15, -0.1) is 0 Å². The maximum Gasteiger partial charge on any atom is 0.0738 e. The van der Waals surface area contributed by atoms with Crippen LogP contribution in [-0.2, 0) is 0 Å². The Morgan fingerprint density at radius 2 is 1.12 bits per heavy atom. The third kappa shape index (κ3) is 5.28. The topological polar surface area (TPSA) is 0 Å². The average Bonchev–Trinajstić information content (AvgIpc) is 2.54. The van der Waals surface area contributed by atoms with Crippen molar-refractivity contribution in [2.45, 2.75) is 64.3 Å². The summed E-state index contributed by atoms with van der Waals surface area (Å²) in [5.41, 5.74) is 2.66. The first kappa shape index (κ1) is 20.4. The van der Waals surface area contributed by atoms with Crippen LogP contribution in [0, 0.1) is 0 Å². The minimum absolute atomic E-state index is 0.903. The van der Waals surface area contributed by atoms with Crippen LogP contribution in [0.3, 0.4) is 0 Å². The van der Waals surface area contributed by atoms with Crippen molar-refractivity contribution in [2.75, 3.05) is 0 Å². The van der Waals surface area contributed by atoms with Gasteiger partial charge < -0.3 is 0 Å². The third-order valence-corrected chi connectivity index (χ3v) is 26.5. The molecule has 0 bridgehead atoms. The van der Waals surface area contributed by atoms with Gasteiger partial charge in [-0.1, -0.05) is 124 Å². The van der Waals surface area contributed by atoms with Crippen molar-refractivity contribution < 1.29 is 0 Å². The Labute approximate surface area is 158 Å². The van der Waals surface area contributed by atoms with Crippen molar-refractivity contribution in [1.82, 2.24) is 0 Å². The van der Waals surface area contributed by atoms with Crippen molar-refractivity contribution in [2.24, 2.45) is 0 Å². The highest BCUT2D eigenvalue weighted by molar-refractivity contribution is 7.45. The van der Waals surface area contributed by atoms with Crippen molar-refractivity contribution in [3.05, 3.63) is 54.6 Å². The van der Waals surface area contributed by atoms with Gasteiger partial charge in [0.25, 0.3) is 0 Å². The SMILES string of the molecule is C[Si](C)(C)CCC[Si](C)(C)[Si](C)(C)c1ccc(-c2ccccc2)cc1. The maximum atomic E-state index is 2.65. The maximum absolute atomic E-state index is 2.65. The molecule has 0 saturated heterocycles. The molecular weight excluding hydrogens is 349 g/mol. The van der Waals surface area contributed by atoms with Crippen LogP contribution < -0.4 is 5.19 Å². The second-order valence-electron chi connectivity index (χ2n) is 9.87. The lowest BCUT2D eigenvalue weighted by atomic mass is 10.1. The molecule has 0 heterocycles. The minimum Gasteiger partial charge on any atom is -0.0710 e. The summed E-state index contributed by atoms with van der Waals surface area (Å²) >= 11 is 0. The molecule has 0 amide bonds. The Morgan fingerprint density at radius 1 is 0.600 bits per heavy atom. The van der Waals surface area contributed by atoms with Crippen LogP contribution in [0.4, 0.5) is 0 Å². The van der Waals surface area contributed by atoms with E-state index in [4.69, 9.17) is 0 Å². The van der Waals surface area contributed by atoms with Gasteiger partial charge >= 0.3 is 0 Å². The zero-order valence-corrected chi connectivity index (χ0v) is 20.3. The van der Waals surface area contributed by atoms with Crippen molar-refractivity contribution >= 4 is 28.4 Å². The standard InChI is InChI=1S/C22H36Si3/c1-23(2,3)18-11-19-24(4,5)25(6,7)22-16-14-21(15-17-22)20-12-9-8-10-13-20/h8-10,12-17H,11,18-19H2,1-7H3. The molecule has 0 nitrogen and oxygen atoms in total. The Hall–Kier alpha value is -0.909. The largest absolute Gasteiger partial charge is 0.0738 e. The van der Waals surface area contributed by atoms with Gasteiger partial charge in [0, 0.05) is 15.7 Å². The molecule has 0 aromatic heterocycles. The van der Waals surface area contributed by atoms with E-state index in [1.165, 1.54) is 29.6 Å². The second-order valence-corrected chi connectivity index (χ2v) is 31.4. The van der Waals surface area contributed by atoms with E-state index in [0.717, 1.165) is 0 Å². The molecule has 0 aliphatic carbocycles. The predicted molar refractivity (Wildman–Crippen MR) is 124 cm³/mol. The Bertz CT molecular complexity index is 665. The van der Waals surface area contributed by atoms with Gasteiger partial charge in [0.1, 0.15) is 0 Å². The average molecular weight is 385 g/mol. The molecule has 2 rings (SSSR count). The molecule has 0 saturated carbocycles. The Balaban J connectivity index is 2.15. The molecule has 0 atom stereocenters. The van der Waals surface area contributed by atoms with Crippen LogP contribution in [-0.4, -0.2) is 23.3 Å². The van der Waals surface area contributed by atoms with E-state index in [2.05, 4.69) is 100 Å². The molecule has 136 valence electrons. The van der Waals surface area contributed by atoms with Gasteiger partial charge in [-0.25, -0.2) is 0 Å². The number of hydrogen-bond donors (Lipinski definition) is 0. The Morgan fingerprint density at radius 3 is 1.64 bits per heavy atom. The van der Waals surface area contributed by atoms with Crippen LogP contribution in [0.25, 0.3) is 11.1 Å². The normalized spacial score (nSPS) is 13.1. The van der Waals surface area contributed by atoms with E-state index in [1.807, 2.05) is 0 Å². The summed E-state index contributed by atoms with van der Waals surface area (Å²) in [6, 6.07) is 23.3. The first-order valence-corrected chi connectivity index (χ1v) is 20.6. The lowest BCUT2D eigenvalue weighted by molar-refractivity contribution is 1.02. The quantitative estimate of drug-likeness (QED) is 0.461. The van der Waals surface area contributed by atoms with E-state index in [0.29, 0.717) is 0 Å². The molecule has 0 aliphatic rings. The van der Waals surface area contributed by atoms with Crippen molar-refractivity contribution in [3.8, 4) is 11.1 Å². The van der Waals surface area contributed by atoms with Crippen LogP contribution >= 0.6 is 0 Å². The van der Waals surface area contributed by atoms with Crippen LogP contribution in [0.2, 0.25) is 57.9 Å². The molecule has 0 spiro atoms. The molecule has 0 unspecified atom stereocenters. The van der Waals surface area contributed by atoms with Gasteiger partial charge in [-0.05, 0) is 11.1 Å². The second kappa shape index (κ2) is 7.77. The summed E-state index contributed by atoms with van der Waals surface area (Å²) < 4.78 is 0. The van der Waals surface area contributed by atoms with Crippen molar-refractivity contribution in [1.29, 1.82) is 0 Å². The molecule has 0 radical (unpaired) electrons. The summed E-state index contributed by atoms with van der Waals surface area (Å²) in [5.74, 6) is 0. The molecule has 2 aromatic carbocycles. The molecule has 3 heteroatoms. The third-order valence-electron chi connectivity index (χ3n) is 6.13. The summed E-state index contributed by atoms with van der Waals surface area (Å²) in [6.07, 6.45) is 1.45. The molecule has 25 heavy (non-hydrogen) atoms. The highest BCUT2D eigenvalue weighted by atomic mass is 29.3. The fourth-order valence-electron chi connectivity index (χ4n) is 3.47. The number of rotatable bonds is 7. The summed E-state index contributed by atoms with van der Waals surface area (Å²) in [7, 11) is -3.48. The highest BCUT2D eigenvalue weighted by Crippen LogP contribution is 2.28. The number of benzene rings is 2. The molecular formula is C22H36Si3. The van der Waals surface area contributed by atoms with E-state index in [9.17, 15) is 0 Å². The zero-order valence-electron chi connectivity index (χ0n) is 17.3. The lowest BCUT2D eigenvalue weighted by Crippen LogP contribution is -2.62. The number of hydrogen-bond acceptors (Lipinski definition) is 0. The van der Waals surface area contributed by atoms with Crippen LogP contribution in [0.15, 0.2) is 54.6 Å². The van der Waals surface area contributed by atoms with Gasteiger partial charge in [-0.3, -0.25) is 0 Å². The summed E-state index contributed by atoms with van der Waals surface area (Å²) in [5, 5.41) is 1.65. The molecule has 2 aromatic rings. The van der Waals surface area contributed by atoms with Crippen molar-refractivity contribution in [3.63, 3.8) is 0 Å². The first-order chi connectivity index (χ1) is 11.5. The van der Waals surface area contributed by atoms with E-state index >= 15 is 0 Å². The van der Waals surface area contributed by atoms with Gasteiger partial charge in [0.15, 0.2) is 0 Å². The smallest absolute Gasteiger partial charge is 0.0710 e. The minimum atomic E-state index is -1.37. The predicted octanol–water partition coefficient (Wildman–Crippen LogP) is 6.78. The first-order valence-electron chi connectivity index (χ1n) is 9.69. The molecule has 0 fully saturated rings. The van der Waals surface area contributed by atoms with E-state index in [-0.39, 0.29) is 0 Å². The molecule has 0 aliphatic heterocycles. The monoisotopic (exact) mass is 384 g/mol. The highest BCUT2D eigenvalue weighted by Gasteiger charge is 2.41. The lowest BCUT2D eigenvalue weighted by Gasteiger charge is -2.39. The summed E-state index contributed by atoms with van der Waals surface area (Å²) in [4.78, 5) is 0. The fourth-order valence-corrected chi connectivity index (χ4v) is 13.8. The van der Waals surface area contributed by atoms with Gasteiger partial charge in [-0.2, -0.15) is 0 Å². The van der Waals surface area contributed by atoms with E-state index in [1.54, 1.807) is 5.19 Å². The Kier molecular flexibility index (Phi) is 6.34. The van der Waals surface area contributed by atoms with Crippen LogP contribution in [0.5, 0.6) is 0 Å². The summed E-state index contributed by atoms with van der Waals surface area (Å²) in [6.45, 7) is 18.0. The van der Waals surface area contributed by atoms with Crippen LogP contribution in [0.1, 0.15) is 6.42 Å².